The van der Waals surface area contributed by atoms with E-state index in [1.54, 1.807) is 6.08 Å². The Kier molecular flexibility index (Phi) is 5.59. The zero-order valence-electron chi connectivity index (χ0n) is 11.3. The van der Waals surface area contributed by atoms with Gasteiger partial charge in [-0.15, -0.1) is 6.58 Å². The lowest BCUT2D eigenvalue weighted by Gasteiger charge is -2.18. The number of nitrogens with one attached hydrogen (secondary N) is 1. The predicted octanol–water partition coefficient (Wildman–Crippen LogP) is 2.68. The molecule has 0 aliphatic rings. The first-order chi connectivity index (χ1) is 8.58. The Bertz CT molecular complexity index is 406. The van der Waals surface area contributed by atoms with Crippen molar-refractivity contribution < 1.29 is 9.53 Å². The first-order valence-electron chi connectivity index (χ1n) is 6.17. The summed E-state index contributed by atoms with van der Waals surface area (Å²) >= 11 is 0. The molecule has 3 heteroatoms. The van der Waals surface area contributed by atoms with E-state index in [-0.39, 0.29) is 5.97 Å². The standard InChI is InChI=1S/C15H21NO2/c1-5-7-16-14(15(17)18-6-2)13-9-11(3)8-12(4)10-13/h5,8-10,14,16H,1,6-7H2,2-4H3. The van der Waals surface area contributed by atoms with Gasteiger partial charge in [-0.25, -0.2) is 4.79 Å². The third kappa shape index (κ3) is 4.00. The van der Waals surface area contributed by atoms with Crippen molar-refractivity contribution in [2.75, 3.05) is 13.2 Å². The minimum atomic E-state index is -0.429. The van der Waals surface area contributed by atoms with Gasteiger partial charge in [-0.05, 0) is 26.3 Å². The summed E-state index contributed by atoms with van der Waals surface area (Å²) in [6.07, 6.45) is 1.73. The summed E-state index contributed by atoms with van der Waals surface area (Å²) in [5.41, 5.74) is 3.22. The van der Waals surface area contributed by atoms with Gasteiger partial charge in [0.25, 0.3) is 0 Å². The van der Waals surface area contributed by atoms with Crippen LogP contribution in [0.4, 0.5) is 0 Å². The molecule has 0 heterocycles. The van der Waals surface area contributed by atoms with Crippen LogP contribution in [-0.4, -0.2) is 19.1 Å². The highest BCUT2D eigenvalue weighted by atomic mass is 16.5. The van der Waals surface area contributed by atoms with E-state index in [1.807, 2.05) is 32.9 Å². The van der Waals surface area contributed by atoms with E-state index in [9.17, 15) is 4.79 Å². The summed E-state index contributed by atoms with van der Waals surface area (Å²) in [6.45, 7) is 10.5. The van der Waals surface area contributed by atoms with Crippen molar-refractivity contribution in [1.29, 1.82) is 0 Å². The third-order valence-electron chi connectivity index (χ3n) is 2.57. The second-order valence-electron chi connectivity index (χ2n) is 4.30. The number of carbonyl (C=O) groups excluding carboxylic acids is 1. The van der Waals surface area contributed by atoms with Gasteiger partial charge in [0.05, 0.1) is 6.61 Å². The van der Waals surface area contributed by atoms with Gasteiger partial charge in [-0.2, -0.15) is 0 Å². The van der Waals surface area contributed by atoms with Crippen molar-refractivity contribution in [2.24, 2.45) is 0 Å². The van der Waals surface area contributed by atoms with Crippen LogP contribution >= 0.6 is 0 Å². The first-order valence-corrected chi connectivity index (χ1v) is 6.17. The molecule has 0 aliphatic carbocycles. The van der Waals surface area contributed by atoms with E-state index in [4.69, 9.17) is 4.74 Å². The predicted molar refractivity (Wildman–Crippen MR) is 73.5 cm³/mol. The Morgan fingerprint density at radius 1 is 1.39 bits per heavy atom. The van der Waals surface area contributed by atoms with Gasteiger partial charge < -0.3 is 4.74 Å². The SMILES string of the molecule is C=CCNC(C(=O)OCC)c1cc(C)cc(C)c1. The highest BCUT2D eigenvalue weighted by Gasteiger charge is 2.21. The normalized spacial score (nSPS) is 11.9. The molecule has 1 rings (SSSR count). The van der Waals surface area contributed by atoms with Crippen LogP contribution in [0, 0.1) is 13.8 Å². The van der Waals surface area contributed by atoms with Crippen LogP contribution in [0.2, 0.25) is 0 Å². The van der Waals surface area contributed by atoms with Crippen LogP contribution in [0.1, 0.15) is 29.7 Å². The number of hydrogen-bond acceptors (Lipinski definition) is 3. The minimum absolute atomic E-state index is 0.246. The van der Waals surface area contributed by atoms with Crippen LogP contribution in [-0.2, 0) is 9.53 Å². The molecule has 0 saturated heterocycles. The number of hydrogen-bond donors (Lipinski definition) is 1. The van der Waals surface area contributed by atoms with E-state index in [0.717, 1.165) is 16.7 Å². The van der Waals surface area contributed by atoms with Crippen molar-refractivity contribution in [3.05, 3.63) is 47.5 Å². The fourth-order valence-corrected chi connectivity index (χ4v) is 1.94. The smallest absolute Gasteiger partial charge is 0.327 e. The fourth-order valence-electron chi connectivity index (χ4n) is 1.94. The summed E-state index contributed by atoms with van der Waals surface area (Å²) in [6, 6.07) is 5.66. The van der Waals surface area contributed by atoms with E-state index < -0.39 is 6.04 Å². The molecule has 0 bridgehead atoms. The van der Waals surface area contributed by atoms with Crippen LogP contribution in [0.5, 0.6) is 0 Å². The number of rotatable bonds is 6. The van der Waals surface area contributed by atoms with E-state index in [2.05, 4.69) is 18.0 Å². The summed E-state index contributed by atoms with van der Waals surface area (Å²) < 4.78 is 5.10. The second-order valence-corrected chi connectivity index (χ2v) is 4.30. The van der Waals surface area contributed by atoms with Crippen LogP contribution in [0.3, 0.4) is 0 Å². The van der Waals surface area contributed by atoms with E-state index >= 15 is 0 Å². The zero-order chi connectivity index (χ0) is 13.5. The molecule has 1 unspecified atom stereocenters. The molecule has 0 amide bonds. The summed E-state index contributed by atoms with van der Waals surface area (Å²) in [5, 5.41) is 3.13. The van der Waals surface area contributed by atoms with E-state index in [0.29, 0.717) is 13.2 Å². The zero-order valence-corrected chi connectivity index (χ0v) is 11.3. The van der Waals surface area contributed by atoms with Crippen molar-refractivity contribution in [2.45, 2.75) is 26.8 Å². The maximum atomic E-state index is 12.0. The van der Waals surface area contributed by atoms with Gasteiger partial charge in [0, 0.05) is 6.54 Å². The van der Waals surface area contributed by atoms with Gasteiger partial charge >= 0.3 is 5.97 Å². The highest BCUT2D eigenvalue weighted by molar-refractivity contribution is 5.77. The Labute approximate surface area is 109 Å². The largest absolute Gasteiger partial charge is 0.465 e. The number of benzene rings is 1. The lowest BCUT2D eigenvalue weighted by Crippen LogP contribution is -2.30. The number of carbonyl (C=O) groups is 1. The van der Waals surface area contributed by atoms with E-state index in [1.165, 1.54) is 0 Å². The molecule has 18 heavy (non-hydrogen) atoms. The molecule has 0 radical (unpaired) electrons. The maximum Gasteiger partial charge on any atom is 0.327 e. The van der Waals surface area contributed by atoms with Gasteiger partial charge in [-0.3, -0.25) is 5.32 Å². The Morgan fingerprint density at radius 3 is 2.50 bits per heavy atom. The average molecular weight is 247 g/mol. The van der Waals surface area contributed by atoms with Gasteiger partial charge in [-0.1, -0.05) is 35.4 Å². The average Bonchev–Trinajstić information content (AvgIpc) is 2.28. The molecule has 1 atom stereocenters. The molecule has 0 fully saturated rings. The quantitative estimate of drug-likeness (QED) is 0.620. The highest BCUT2D eigenvalue weighted by Crippen LogP contribution is 2.18. The fraction of sp³-hybridized carbons (Fsp3) is 0.400. The Hall–Kier alpha value is -1.61. The monoisotopic (exact) mass is 247 g/mol. The summed E-state index contributed by atoms with van der Waals surface area (Å²) in [7, 11) is 0. The molecule has 98 valence electrons. The van der Waals surface area contributed by atoms with Crippen LogP contribution < -0.4 is 5.32 Å². The molecule has 0 spiro atoms. The lowest BCUT2D eigenvalue weighted by molar-refractivity contribution is -0.145. The molecular weight excluding hydrogens is 226 g/mol. The van der Waals surface area contributed by atoms with Gasteiger partial charge in [0.1, 0.15) is 6.04 Å². The Balaban J connectivity index is 2.99. The molecule has 1 aromatic carbocycles. The molecule has 0 aliphatic heterocycles. The minimum Gasteiger partial charge on any atom is -0.465 e. The second kappa shape index (κ2) is 6.97. The summed E-state index contributed by atoms with van der Waals surface area (Å²) in [5.74, 6) is -0.246. The summed E-state index contributed by atoms with van der Waals surface area (Å²) in [4.78, 5) is 12.0. The van der Waals surface area contributed by atoms with Gasteiger partial charge in [0.2, 0.25) is 0 Å². The first kappa shape index (κ1) is 14.5. The topological polar surface area (TPSA) is 38.3 Å². The van der Waals surface area contributed by atoms with Crippen molar-refractivity contribution in [1.82, 2.24) is 5.32 Å². The Morgan fingerprint density at radius 2 is 2.00 bits per heavy atom. The molecule has 0 saturated carbocycles. The molecular formula is C15H21NO2. The number of esters is 1. The molecule has 0 aromatic heterocycles. The van der Waals surface area contributed by atoms with Crippen molar-refractivity contribution in [3.8, 4) is 0 Å². The van der Waals surface area contributed by atoms with Crippen molar-refractivity contribution in [3.63, 3.8) is 0 Å². The van der Waals surface area contributed by atoms with Crippen molar-refractivity contribution >= 4 is 5.97 Å². The maximum absolute atomic E-state index is 12.0. The number of ether oxygens (including phenoxy) is 1. The number of aryl methyl sites for hydroxylation is 2. The molecule has 3 nitrogen and oxygen atoms in total. The van der Waals surface area contributed by atoms with Gasteiger partial charge in [0.15, 0.2) is 0 Å². The van der Waals surface area contributed by atoms with Crippen LogP contribution in [0.25, 0.3) is 0 Å². The van der Waals surface area contributed by atoms with Crippen LogP contribution in [0.15, 0.2) is 30.9 Å². The lowest BCUT2D eigenvalue weighted by atomic mass is 10.0. The molecule has 1 aromatic rings. The third-order valence-corrected chi connectivity index (χ3v) is 2.57. The molecule has 1 N–H and O–H groups in total.